The number of ether oxygens (including phenoxy) is 2. The van der Waals surface area contributed by atoms with Gasteiger partial charge in [-0.25, -0.2) is 23.2 Å². The predicted octanol–water partition coefficient (Wildman–Crippen LogP) is 5.22. The molecule has 0 aromatic carbocycles. The van der Waals surface area contributed by atoms with Crippen LogP contribution in [-0.2, 0) is 26.0 Å². The minimum Gasteiger partial charge on any atom is -0.444 e. The van der Waals surface area contributed by atoms with Crippen LogP contribution in [0.5, 0.6) is 0 Å². The Labute approximate surface area is 237 Å². The van der Waals surface area contributed by atoms with Gasteiger partial charge in [0.15, 0.2) is 0 Å². The molecule has 0 radical (unpaired) electrons. The van der Waals surface area contributed by atoms with E-state index in [9.17, 15) is 13.2 Å². The number of pyridine rings is 1. The Hall–Kier alpha value is -2.90. The molecule has 1 aliphatic rings. The third-order valence-electron chi connectivity index (χ3n) is 6.52. The standard InChI is InChI=1S/C27H41N5O6SSi/c1-27(2,3)38-26(33)31-11-8-9-19(17-31)30-23-20-10-12-32(18-36-13-14-40(5,6)7)24(20)28-15-21(23)25-29-16-22(37-25)39(4,34)35/h10,12,15-16,19H,8-9,11,13-14,17-18H2,1-7H3,(H,28,30)/t19-/m1/s1. The summed E-state index contributed by atoms with van der Waals surface area (Å²) in [4.78, 5) is 23.4. The molecule has 4 rings (SSSR count). The van der Waals surface area contributed by atoms with E-state index in [0.29, 0.717) is 43.3 Å². The van der Waals surface area contributed by atoms with Crippen molar-refractivity contribution in [3.8, 4) is 11.5 Å². The fourth-order valence-electron chi connectivity index (χ4n) is 4.45. The van der Waals surface area contributed by atoms with Crippen molar-refractivity contribution in [1.82, 2.24) is 19.4 Å². The van der Waals surface area contributed by atoms with Crippen LogP contribution >= 0.6 is 0 Å². The predicted molar refractivity (Wildman–Crippen MR) is 157 cm³/mol. The van der Waals surface area contributed by atoms with Crippen molar-refractivity contribution in [2.24, 2.45) is 0 Å². The van der Waals surface area contributed by atoms with Gasteiger partial charge in [-0.05, 0) is 45.7 Å². The lowest BCUT2D eigenvalue weighted by Crippen LogP contribution is -2.47. The summed E-state index contributed by atoms with van der Waals surface area (Å²) in [6.45, 7) is 14.6. The molecule has 1 atom stereocenters. The minimum atomic E-state index is -3.57. The third kappa shape index (κ3) is 7.64. The van der Waals surface area contributed by atoms with Crippen molar-refractivity contribution in [2.45, 2.75) is 82.8 Å². The molecule has 11 nitrogen and oxygen atoms in total. The maximum Gasteiger partial charge on any atom is 0.410 e. The summed E-state index contributed by atoms with van der Waals surface area (Å²) in [5.74, 6) is 0.149. The average molecular weight is 592 g/mol. The van der Waals surface area contributed by atoms with Gasteiger partial charge >= 0.3 is 6.09 Å². The summed E-state index contributed by atoms with van der Waals surface area (Å²) >= 11 is 0. The van der Waals surface area contributed by atoms with Crippen molar-refractivity contribution in [2.75, 3.05) is 31.3 Å². The Kier molecular flexibility index (Phi) is 8.67. The molecular formula is C27H41N5O6SSi. The Morgan fingerprint density at radius 2 is 1.98 bits per heavy atom. The van der Waals surface area contributed by atoms with Gasteiger partial charge < -0.3 is 28.7 Å². The average Bonchev–Trinajstić information content (AvgIpc) is 3.48. The molecule has 1 N–H and O–H groups in total. The second kappa shape index (κ2) is 11.5. The largest absolute Gasteiger partial charge is 0.444 e. The Bertz CT molecular complexity index is 1450. The summed E-state index contributed by atoms with van der Waals surface area (Å²) < 4.78 is 43.3. The number of piperidine rings is 1. The third-order valence-corrected chi connectivity index (χ3v) is 9.14. The van der Waals surface area contributed by atoms with E-state index < -0.39 is 23.5 Å². The number of rotatable bonds is 9. The zero-order valence-corrected chi connectivity index (χ0v) is 26.3. The number of nitrogens with one attached hydrogen (secondary N) is 1. The van der Waals surface area contributed by atoms with Crippen LogP contribution < -0.4 is 5.32 Å². The molecule has 3 aromatic rings. The molecule has 0 saturated carbocycles. The van der Waals surface area contributed by atoms with Gasteiger partial charge in [-0.2, -0.15) is 0 Å². The van der Waals surface area contributed by atoms with Gasteiger partial charge in [0.1, 0.15) is 18.0 Å². The number of carbonyl (C=O) groups excluding carboxylic acids is 1. The molecule has 4 heterocycles. The molecule has 1 amide bonds. The van der Waals surface area contributed by atoms with Gasteiger partial charge in [0, 0.05) is 57.8 Å². The minimum absolute atomic E-state index is 0.0775. The van der Waals surface area contributed by atoms with E-state index in [0.717, 1.165) is 30.5 Å². The zero-order valence-electron chi connectivity index (χ0n) is 24.5. The lowest BCUT2D eigenvalue weighted by Gasteiger charge is -2.35. The van der Waals surface area contributed by atoms with Crippen molar-refractivity contribution in [1.29, 1.82) is 0 Å². The summed E-state index contributed by atoms with van der Waals surface area (Å²) in [7, 11) is -4.78. The quantitative estimate of drug-likeness (QED) is 0.263. The number of nitrogens with zero attached hydrogens (tertiary/aromatic N) is 4. The number of hydrogen-bond acceptors (Lipinski definition) is 9. The highest BCUT2D eigenvalue weighted by molar-refractivity contribution is 7.90. The number of carbonyl (C=O) groups is 1. The van der Waals surface area contributed by atoms with E-state index in [1.54, 1.807) is 11.1 Å². The van der Waals surface area contributed by atoms with Crippen LogP contribution in [0.4, 0.5) is 10.5 Å². The van der Waals surface area contributed by atoms with Gasteiger partial charge in [0.25, 0.3) is 0 Å². The maximum absolute atomic E-state index is 12.8. The molecule has 40 heavy (non-hydrogen) atoms. The number of amides is 1. The van der Waals surface area contributed by atoms with E-state index in [-0.39, 0.29) is 23.1 Å². The molecule has 0 spiro atoms. The highest BCUT2D eigenvalue weighted by Crippen LogP contribution is 2.36. The smallest absolute Gasteiger partial charge is 0.410 e. The summed E-state index contributed by atoms with van der Waals surface area (Å²) in [6.07, 6.45) is 7.15. The van der Waals surface area contributed by atoms with Crippen molar-refractivity contribution < 1.29 is 27.1 Å². The molecule has 0 aliphatic carbocycles. The van der Waals surface area contributed by atoms with Gasteiger partial charge in [-0.3, -0.25) is 0 Å². The van der Waals surface area contributed by atoms with Crippen LogP contribution in [0.3, 0.4) is 0 Å². The number of hydrogen-bond donors (Lipinski definition) is 1. The van der Waals surface area contributed by atoms with Crippen LogP contribution in [0.2, 0.25) is 25.7 Å². The molecule has 0 bridgehead atoms. The SMILES string of the molecule is CC(C)(C)OC(=O)N1CCC[C@@H](Nc2c(-c3ncc(S(C)(=O)=O)o3)cnc3c2ccn3COCC[Si](C)(C)C)C1. The van der Waals surface area contributed by atoms with E-state index >= 15 is 0 Å². The second-order valence-corrected chi connectivity index (χ2v) is 20.2. The number of likely N-dealkylation sites (tertiary alicyclic amines) is 1. The zero-order chi connectivity index (χ0) is 29.3. The van der Waals surface area contributed by atoms with Crippen LogP contribution in [-0.4, -0.2) is 79.6 Å². The van der Waals surface area contributed by atoms with Crippen molar-refractivity contribution in [3.63, 3.8) is 0 Å². The molecule has 3 aromatic heterocycles. The highest BCUT2D eigenvalue weighted by Gasteiger charge is 2.29. The second-order valence-electron chi connectivity index (χ2n) is 12.6. The molecule has 1 fully saturated rings. The van der Waals surface area contributed by atoms with Gasteiger partial charge in [-0.15, -0.1) is 0 Å². The topological polar surface area (TPSA) is 129 Å². The summed E-state index contributed by atoms with van der Waals surface area (Å²) in [5, 5.41) is 4.21. The maximum atomic E-state index is 12.8. The first-order chi connectivity index (χ1) is 18.6. The number of anilines is 1. The number of aromatic nitrogens is 3. The van der Waals surface area contributed by atoms with Crippen LogP contribution in [0.25, 0.3) is 22.5 Å². The number of fused-ring (bicyclic) bond motifs is 1. The van der Waals surface area contributed by atoms with Gasteiger partial charge in [0.2, 0.25) is 20.8 Å². The molecule has 1 saturated heterocycles. The van der Waals surface area contributed by atoms with E-state index in [4.69, 9.17) is 13.9 Å². The Morgan fingerprint density at radius 1 is 1.23 bits per heavy atom. The Balaban J connectivity index is 1.64. The van der Waals surface area contributed by atoms with Gasteiger partial charge in [-0.1, -0.05) is 19.6 Å². The fourth-order valence-corrected chi connectivity index (χ4v) is 5.68. The first-order valence-corrected chi connectivity index (χ1v) is 19.2. The van der Waals surface area contributed by atoms with Crippen LogP contribution in [0.15, 0.2) is 34.2 Å². The number of sulfone groups is 1. The number of oxazole rings is 1. The monoisotopic (exact) mass is 591 g/mol. The first kappa shape index (κ1) is 30.1. The van der Waals surface area contributed by atoms with Crippen molar-refractivity contribution >= 4 is 40.7 Å². The van der Waals surface area contributed by atoms with E-state index in [1.807, 2.05) is 37.6 Å². The summed E-state index contributed by atoms with van der Waals surface area (Å²) in [5.41, 5.74) is 1.39. The summed E-state index contributed by atoms with van der Waals surface area (Å²) in [6, 6.07) is 2.94. The lowest BCUT2D eigenvalue weighted by atomic mass is 10.0. The molecular weight excluding hydrogens is 550 g/mol. The lowest BCUT2D eigenvalue weighted by molar-refractivity contribution is 0.0206. The first-order valence-electron chi connectivity index (χ1n) is 13.6. The Morgan fingerprint density at radius 3 is 2.62 bits per heavy atom. The molecule has 220 valence electrons. The highest BCUT2D eigenvalue weighted by atomic mass is 32.2. The fraction of sp³-hybridized carbons (Fsp3) is 0.593. The molecule has 1 aliphatic heterocycles. The van der Waals surface area contributed by atoms with E-state index in [2.05, 4.69) is 34.9 Å². The van der Waals surface area contributed by atoms with Crippen molar-refractivity contribution in [3.05, 3.63) is 24.7 Å². The molecule has 0 unspecified atom stereocenters. The van der Waals surface area contributed by atoms with Crippen LogP contribution in [0.1, 0.15) is 33.6 Å². The molecule has 13 heteroatoms. The normalized spacial score (nSPS) is 16.9. The van der Waals surface area contributed by atoms with Gasteiger partial charge in [0.05, 0.1) is 17.4 Å². The van der Waals surface area contributed by atoms with Crippen LogP contribution in [0, 0.1) is 0 Å². The van der Waals surface area contributed by atoms with E-state index in [1.165, 1.54) is 6.20 Å².